The van der Waals surface area contributed by atoms with Gasteiger partial charge in [0.1, 0.15) is 12.4 Å². The van der Waals surface area contributed by atoms with Crippen LogP contribution < -0.4 is 4.74 Å². The van der Waals surface area contributed by atoms with Gasteiger partial charge in [0.05, 0.1) is 23.1 Å². The zero-order valence-electron chi connectivity index (χ0n) is 11.4. The van der Waals surface area contributed by atoms with E-state index in [-0.39, 0.29) is 11.8 Å². The molecule has 6 heteroatoms. The number of nitriles is 1. The molecule has 108 valence electrons. The van der Waals surface area contributed by atoms with E-state index in [4.69, 9.17) is 10.00 Å². The molecule has 1 aromatic rings. The van der Waals surface area contributed by atoms with E-state index in [0.29, 0.717) is 30.9 Å². The third-order valence-corrected chi connectivity index (χ3v) is 5.28. The molecule has 0 radical (unpaired) electrons. The first-order valence-corrected chi connectivity index (χ1v) is 8.36. The second kappa shape index (κ2) is 6.25. The summed E-state index contributed by atoms with van der Waals surface area (Å²) in [4.78, 5) is 2.04. The van der Waals surface area contributed by atoms with E-state index in [2.05, 4.69) is 6.07 Å². The Labute approximate surface area is 119 Å². The lowest BCUT2D eigenvalue weighted by atomic mass is 10.2. The van der Waals surface area contributed by atoms with E-state index in [1.54, 1.807) is 24.3 Å². The van der Waals surface area contributed by atoms with Crippen molar-refractivity contribution >= 4 is 9.84 Å². The van der Waals surface area contributed by atoms with Crippen LogP contribution in [0, 0.1) is 11.3 Å². The lowest BCUT2D eigenvalue weighted by molar-refractivity contribution is 0.202. The van der Waals surface area contributed by atoms with Crippen molar-refractivity contribution in [3.8, 4) is 11.8 Å². The molecule has 1 aliphatic heterocycles. The molecule has 5 nitrogen and oxygen atoms in total. The van der Waals surface area contributed by atoms with E-state index in [9.17, 15) is 8.42 Å². The molecule has 1 atom stereocenters. The molecular formula is C14H18N2O3S. The number of sulfone groups is 1. The molecule has 0 N–H and O–H groups in total. The van der Waals surface area contributed by atoms with Crippen molar-refractivity contribution in [1.29, 1.82) is 5.26 Å². The van der Waals surface area contributed by atoms with Crippen LogP contribution >= 0.6 is 0 Å². The van der Waals surface area contributed by atoms with Gasteiger partial charge in [-0.1, -0.05) is 0 Å². The zero-order valence-corrected chi connectivity index (χ0v) is 12.3. The summed E-state index contributed by atoms with van der Waals surface area (Å²) >= 11 is 0. The Balaban J connectivity index is 1.76. The van der Waals surface area contributed by atoms with Gasteiger partial charge in [0, 0.05) is 12.6 Å². The SMILES string of the molecule is CN(CCOc1ccc(C#N)cc1)[C@@H]1CCS(=O)(=O)C1. The Kier molecular flexibility index (Phi) is 4.63. The van der Waals surface area contributed by atoms with Gasteiger partial charge in [0.25, 0.3) is 0 Å². The van der Waals surface area contributed by atoms with Crippen molar-refractivity contribution in [3.05, 3.63) is 29.8 Å². The Bertz CT molecular complexity index is 590. The lowest BCUT2D eigenvalue weighted by Gasteiger charge is -2.22. The normalized spacial score (nSPS) is 20.8. The minimum absolute atomic E-state index is 0.101. The molecule has 2 rings (SSSR count). The van der Waals surface area contributed by atoms with Crippen molar-refractivity contribution in [1.82, 2.24) is 4.90 Å². The van der Waals surface area contributed by atoms with Crippen molar-refractivity contribution in [3.63, 3.8) is 0 Å². The number of rotatable bonds is 5. The molecule has 0 aliphatic carbocycles. The highest BCUT2D eigenvalue weighted by Gasteiger charge is 2.30. The Morgan fingerprint density at radius 2 is 2.10 bits per heavy atom. The second-order valence-corrected chi connectivity index (χ2v) is 7.25. The number of hydrogen-bond donors (Lipinski definition) is 0. The molecule has 0 spiro atoms. The molecular weight excluding hydrogens is 276 g/mol. The molecule has 1 aliphatic rings. The number of ether oxygens (including phenoxy) is 1. The van der Waals surface area contributed by atoms with Gasteiger partial charge in [-0.3, -0.25) is 4.90 Å². The highest BCUT2D eigenvalue weighted by atomic mass is 32.2. The third-order valence-electron chi connectivity index (χ3n) is 3.53. The summed E-state index contributed by atoms with van der Waals surface area (Å²) in [6.45, 7) is 1.18. The summed E-state index contributed by atoms with van der Waals surface area (Å²) < 4.78 is 28.4. The first-order valence-electron chi connectivity index (χ1n) is 6.54. The Morgan fingerprint density at radius 3 is 2.65 bits per heavy atom. The molecule has 20 heavy (non-hydrogen) atoms. The van der Waals surface area contributed by atoms with E-state index < -0.39 is 9.84 Å². The Morgan fingerprint density at radius 1 is 1.40 bits per heavy atom. The van der Waals surface area contributed by atoms with Gasteiger partial charge in [-0.25, -0.2) is 8.42 Å². The average Bonchev–Trinajstić information content (AvgIpc) is 2.80. The predicted molar refractivity (Wildman–Crippen MR) is 76.3 cm³/mol. The van der Waals surface area contributed by atoms with Crippen LogP contribution in [0.5, 0.6) is 5.75 Å². The molecule has 0 saturated carbocycles. The summed E-state index contributed by atoms with van der Waals surface area (Å²) in [6, 6.07) is 9.10. The highest BCUT2D eigenvalue weighted by Crippen LogP contribution is 2.16. The predicted octanol–water partition coefficient (Wildman–Crippen LogP) is 1.06. The molecule has 0 amide bonds. The summed E-state index contributed by atoms with van der Waals surface area (Å²) in [5, 5.41) is 8.69. The van der Waals surface area contributed by atoms with Gasteiger partial charge in [0.2, 0.25) is 0 Å². The number of hydrogen-bond acceptors (Lipinski definition) is 5. The van der Waals surface area contributed by atoms with E-state index in [0.717, 1.165) is 5.75 Å². The molecule has 1 fully saturated rings. The molecule has 1 heterocycles. The number of nitrogens with zero attached hydrogens (tertiary/aromatic N) is 2. The first-order chi connectivity index (χ1) is 9.50. The maximum atomic E-state index is 11.4. The zero-order chi connectivity index (χ0) is 14.6. The van der Waals surface area contributed by atoms with Gasteiger partial charge in [0.15, 0.2) is 9.84 Å². The minimum atomic E-state index is -2.84. The van der Waals surface area contributed by atoms with Gasteiger partial charge < -0.3 is 4.74 Å². The van der Waals surface area contributed by atoms with Gasteiger partial charge in [-0.2, -0.15) is 5.26 Å². The summed E-state index contributed by atoms with van der Waals surface area (Å²) in [7, 11) is -0.914. The average molecular weight is 294 g/mol. The Hall–Kier alpha value is -1.58. The molecule has 1 aromatic carbocycles. The van der Waals surface area contributed by atoms with Crippen LogP contribution in [0.4, 0.5) is 0 Å². The van der Waals surface area contributed by atoms with E-state index in [1.807, 2.05) is 11.9 Å². The van der Waals surface area contributed by atoms with Crippen molar-refractivity contribution in [2.75, 3.05) is 31.7 Å². The van der Waals surface area contributed by atoms with Crippen LogP contribution in [0.2, 0.25) is 0 Å². The third kappa shape index (κ3) is 3.95. The van der Waals surface area contributed by atoms with Crippen molar-refractivity contribution < 1.29 is 13.2 Å². The lowest BCUT2D eigenvalue weighted by Crippen LogP contribution is -2.35. The van der Waals surface area contributed by atoms with Crippen LogP contribution in [0.25, 0.3) is 0 Å². The number of likely N-dealkylation sites (N-methyl/N-ethyl adjacent to an activating group) is 1. The largest absolute Gasteiger partial charge is 0.492 e. The smallest absolute Gasteiger partial charge is 0.151 e. The standard InChI is InChI=1S/C14H18N2O3S/c1-16(13-6-9-20(17,18)11-13)7-8-19-14-4-2-12(10-15)3-5-14/h2-5,13H,6-9,11H2,1H3/t13-/m1/s1. The fourth-order valence-electron chi connectivity index (χ4n) is 2.24. The highest BCUT2D eigenvalue weighted by molar-refractivity contribution is 7.91. The summed E-state index contributed by atoms with van der Waals surface area (Å²) in [5.41, 5.74) is 0.602. The van der Waals surface area contributed by atoms with Gasteiger partial charge >= 0.3 is 0 Å². The van der Waals surface area contributed by atoms with Gasteiger partial charge in [-0.15, -0.1) is 0 Å². The molecule has 0 bridgehead atoms. The first kappa shape index (κ1) is 14.8. The van der Waals surface area contributed by atoms with Crippen LogP contribution in [-0.4, -0.2) is 51.1 Å². The maximum absolute atomic E-state index is 11.4. The van der Waals surface area contributed by atoms with E-state index in [1.165, 1.54) is 0 Å². The van der Waals surface area contributed by atoms with Crippen LogP contribution in [0.3, 0.4) is 0 Å². The second-order valence-electron chi connectivity index (χ2n) is 5.02. The summed E-state index contributed by atoms with van der Waals surface area (Å²) in [6.07, 6.45) is 0.704. The summed E-state index contributed by atoms with van der Waals surface area (Å²) in [5.74, 6) is 1.26. The van der Waals surface area contributed by atoms with Crippen LogP contribution in [-0.2, 0) is 9.84 Å². The van der Waals surface area contributed by atoms with Crippen molar-refractivity contribution in [2.45, 2.75) is 12.5 Å². The van der Waals surface area contributed by atoms with Crippen LogP contribution in [0.1, 0.15) is 12.0 Å². The van der Waals surface area contributed by atoms with E-state index >= 15 is 0 Å². The van der Waals surface area contributed by atoms with Crippen LogP contribution in [0.15, 0.2) is 24.3 Å². The topological polar surface area (TPSA) is 70.4 Å². The maximum Gasteiger partial charge on any atom is 0.151 e. The molecule has 0 unspecified atom stereocenters. The van der Waals surface area contributed by atoms with Crippen molar-refractivity contribution in [2.24, 2.45) is 0 Å². The fourth-order valence-corrected chi connectivity index (χ4v) is 4.04. The monoisotopic (exact) mass is 294 g/mol. The quantitative estimate of drug-likeness (QED) is 0.812. The minimum Gasteiger partial charge on any atom is -0.492 e. The molecule has 0 aromatic heterocycles. The molecule has 1 saturated heterocycles. The van der Waals surface area contributed by atoms with Gasteiger partial charge in [-0.05, 0) is 37.7 Å². The number of benzene rings is 1. The fraction of sp³-hybridized carbons (Fsp3) is 0.500.